The Labute approximate surface area is 111 Å². The maximum absolute atomic E-state index is 9.92. The second-order valence-corrected chi connectivity index (χ2v) is 6.53. The molecular weight excluding hydrogens is 278 g/mol. The van der Waals surface area contributed by atoms with Gasteiger partial charge in [0.15, 0.2) is 0 Å². The standard InChI is InChI=1S/C14H18BrNO/c1-16-8-11(9-16)12-3-2-10(6-13(12)15)7-14(17)4-5-14/h2-3,6,11,17H,4-5,7-9H2,1H3. The first-order valence-corrected chi connectivity index (χ1v) is 7.04. The van der Waals surface area contributed by atoms with Crippen molar-refractivity contribution in [2.24, 2.45) is 0 Å². The fourth-order valence-corrected chi connectivity index (χ4v) is 3.36. The highest BCUT2D eigenvalue weighted by atomic mass is 79.9. The van der Waals surface area contributed by atoms with Gasteiger partial charge in [0, 0.05) is 29.9 Å². The number of hydrogen-bond acceptors (Lipinski definition) is 2. The second kappa shape index (κ2) is 4.08. The van der Waals surface area contributed by atoms with Crippen molar-refractivity contribution in [1.29, 1.82) is 0 Å². The number of aliphatic hydroxyl groups is 1. The van der Waals surface area contributed by atoms with Crippen LogP contribution in [0, 0.1) is 0 Å². The summed E-state index contributed by atoms with van der Waals surface area (Å²) in [7, 11) is 2.15. The van der Waals surface area contributed by atoms with Crippen LogP contribution in [0.15, 0.2) is 22.7 Å². The Morgan fingerprint density at radius 1 is 1.41 bits per heavy atom. The van der Waals surface area contributed by atoms with Crippen LogP contribution in [0.2, 0.25) is 0 Å². The quantitative estimate of drug-likeness (QED) is 0.926. The van der Waals surface area contributed by atoms with Gasteiger partial charge >= 0.3 is 0 Å². The molecule has 1 saturated carbocycles. The van der Waals surface area contributed by atoms with Gasteiger partial charge in [-0.05, 0) is 37.1 Å². The van der Waals surface area contributed by atoms with Crippen molar-refractivity contribution < 1.29 is 5.11 Å². The molecule has 0 amide bonds. The van der Waals surface area contributed by atoms with Gasteiger partial charge in [0.25, 0.3) is 0 Å². The summed E-state index contributed by atoms with van der Waals surface area (Å²) in [5.74, 6) is 0.674. The maximum Gasteiger partial charge on any atom is 0.0690 e. The molecule has 0 atom stereocenters. The lowest BCUT2D eigenvalue weighted by molar-refractivity contribution is 0.151. The zero-order valence-corrected chi connectivity index (χ0v) is 11.7. The SMILES string of the molecule is CN1CC(c2ccc(CC3(O)CC3)cc2Br)C1. The summed E-state index contributed by atoms with van der Waals surface area (Å²) in [6, 6.07) is 6.58. The molecule has 17 heavy (non-hydrogen) atoms. The summed E-state index contributed by atoms with van der Waals surface area (Å²) < 4.78 is 1.21. The Morgan fingerprint density at radius 2 is 2.12 bits per heavy atom. The lowest BCUT2D eigenvalue weighted by Gasteiger charge is -2.37. The molecule has 2 nitrogen and oxygen atoms in total. The highest BCUT2D eigenvalue weighted by molar-refractivity contribution is 9.10. The van der Waals surface area contributed by atoms with E-state index >= 15 is 0 Å². The molecule has 0 aromatic heterocycles. The number of likely N-dealkylation sites (N-methyl/N-ethyl adjacent to an activating group) is 1. The molecule has 1 heterocycles. The van der Waals surface area contributed by atoms with Crippen LogP contribution >= 0.6 is 15.9 Å². The van der Waals surface area contributed by atoms with Crippen molar-refractivity contribution in [2.75, 3.05) is 20.1 Å². The van der Waals surface area contributed by atoms with Crippen molar-refractivity contribution in [3.63, 3.8) is 0 Å². The molecule has 3 heteroatoms. The van der Waals surface area contributed by atoms with Crippen LogP contribution in [0.1, 0.15) is 29.9 Å². The number of nitrogens with zero attached hydrogens (tertiary/aromatic N) is 1. The van der Waals surface area contributed by atoms with Gasteiger partial charge < -0.3 is 10.0 Å². The van der Waals surface area contributed by atoms with Crippen molar-refractivity contribution in [2.45, 2.75) is 30.8 Å². The van der Waals surface area contributed by atoms with Crippen LogP contribution < -0.4 is 0 Å². The van der Waals surface area contributed by atoms with E-state index in [0.717, 1.165) is 32.4 Å². The predicted molar refractivity (Wildman–Crippen MR) is 72.3 cm³/mol. The van der Waals surface area contributed by atoms with Crippen LogP contribution in [0.5, 0.6) is 0 Å². The highest BCUT2D eigenvalue weighted by Crippen LogP contribution is 2.39. The lowest BCUT2D eigenvalue weighted by atomic mass is 9.91. The van der Waals surface area contributed by atoms with Crippen molar-refractivity contribution in [3.05, 3.63) is 33.8 Å². The van der Waals surface area contributed by atoms with Crippen LogP contribution in [0.4, 0.5) is 0 Å². The largest absolute Gasteiger partial charge is 0.390 e. The molecule has 1 aromatic carbocycles. The van der Waals surface area contributed by atoms with E-state index in [4.69, 9.17) is 0 Å². The van der Waals surface area contributed by atoms with E-state index in [1.165, 1.54) is 15.6 Å². The lowest BCUT2D eigenvalue weighted by Crippen LogP contribution is -2.41. The number of likely N-dealkylation sites (tertiary alicyclic amines) is 1. The van der Waals surface area contributed by atoms with E-state index in [-0.39, 0.29) is 0 Å². The van der Waals surface area contributed by atoms with Gasteiger partial charge in [-0.2, -0.15) is 0 Å². The van der Waals surface area contributed by atoms with E-state index in [0.29, 0.717) is 5.92 Å². The number of halogens is 1. The second-order valence-electron chi connectivity index (χ2n) is 5.68. The zero-order chi connectivity index (χ0) is 12.0. The Morgan fingerprint density at radius 3 is 2.65 bits per heavy atom. The molecule has 92 valence electrons. The molecule has 0 unspecified atom stereocenters. The summed E-state index contributed by atoms with van der Waals surface area (Å²) >= 11 is 3.67. The van der Waals surface area contributed by atoms with Crippen molar-refractivity contribution in [1.82, 2.24) is 4.90 Å². The predicted octanol–water partition coefficient (Wildman–Crippen LogP) is 2.55. The number of rotatable bonds is 3. The first kappa shape index (κ1) is 11.7. The van der Waals surface area contributed by atoms with Crippen LogP contribution in [0.3, 0.4) is 0 Å². The fraction of sp³-hybridized carbons (Fsp3) is 0.571. The van der Waals surface area contributed by atoms with E-state index in [2.05, 4.69) is 46.1 Å². The van der Waals surface area contributed by atoms with Crippen molar-refractivity contribution in [3.8, 4) is 0 Å². The molecule has 2 aliphatic rings. The zero-order valence-electron chi connectivity index (χ0n) is 10.1. The topological polar surface area (TPSA) is 23.5 Å². The average Bonchev–Trinajstić information content (AvgIpc) is 2.92. The number of hydrogen-bond donors (Lipinski definition) is 1. The Balaban J connectivity index is 1.74. The smallest absolute Gasteiger partial charge is 0.0690 e. The normalized spacial score (nSPS) is 23.5. The van der Waals surface area contributed by atoms with E-state index in [1.54, 1.807) is 0 Å². The minimum absolute atomic E-state index is 0.391. The molecule has 0 spiro atoms. The molecule has 0 radical (unpaired) electrons. The van der Waals surface area contributed by atoms with Gasteiger partial charge in [0.2, 0.25) is 0 Å². The Kier molecular flexibility index (Phi) is 2.80. The first-order chi connectivity index (χ1) is 8.06. The average molecular weight is 296 g/mol. The highest BCUT2D eigenvalue weighted by Gasteiger charge is 2.40. The monoisotopic (exact) mass is 295 g/mol. The summed E-state index contributed by atoms with van der Waals surface area (Å²) in [6.45, 7) is 2.31. The summed E-state index contributed by atoms with van der Waals surface area (Å²) in [6.07, 6.45) is 2.72. The molecule has 1 aliphatic carbocycles. The molecule has 0 bridgehead atoms. The van der Waals surface area contributed by atoms with Crippen LogP contribution in [-0.4, -0.2) is 35.7 Å². The fourth-order valence-electron chi connectivity index (χ4n) is 2.61. The molecule has 1 aliphatic heterocycles. The van der Waals surface area contributed by atoms with Gasteiger partial charge in [0.05, 0.1) is 5.60 Å². The Hall–Kier alpha value is -0.380. The molecule has 1 aromatic rings. The third-order valence-electron chi connectivity index (χ3n) is 3.93. The van der Waals surface area contributed by atoms with Gasteiger partial charge in [-0.25, -0.2) is 0 Å². The molecule has 3 rings (SSSR count). The van der Waals surface area contributed by atoms with Crippen LogP contribution in [-0.2, 0) is 6.42 Å². The molecular formula is C14H18BrNO. The first-order valence-electron chi connectivity index (χ1n) is 6.25. The van der Waals surface area contributed by atoms with Gasteiger partial charge in [-0.1, -0.05) is 28.1 Å². The van der Waals surface area contributed by atoms with E-state index in [9.17, 15) is 5.11 Å². The Bertz CT molecular complexity index is 436. The summed E-state index contributed by atoms with van der Waals surface area (Å²) in [5, 5.41) is 9.92. The van der Waals surface area contributed by atoms with E-state index in [1.807, 2.05) is 0 Å². The minimum Gasteiger partial charge on any atom is -0.390 e. The van der Waals surface area contributed by atoms with Gasteiger partial charge in [-0.3, -0.25) is 0 Å². The molecule has 1 N–H and O–H groups in total. The maximum atomic E-state index is 9.92. The van der Waals surface area contributed by atoms with E-state index < -0.39 is 5.60 Å². The minimum atomic E-state index is -0.391. The molecule has 1 saturated heterocycles. The van der Waals surface area contributed by atoms with Gasteiger partial charge in [-0.15, -0.1) is 0 Å². The third kappa shape index (κ3) is 2.42. The van der Waals surface area contributed by atoms with Gasteiger partial charge in [0.1, 0.15) is 0 Å². The third-order valence-corrected chi connectivity index (χ3v) is 4.62. The molecule has 2 fully saturated rings. The number of benzene rings is 1. The summed E-state index contributed by atoms with van der Waals surface area (Å²) in [5.41, 5.74) is 2.26. The van der Waals surface area contributed by atoms with Crippen LogP contribution in [0.25, 0.3) is 0 Å². The summed E-state index contributed by atoms with van der Waals surface area (Å²) in [4.78, 5) is 2.33. The van der Waals surface area contributed by atoms with Crippen molar-refractivity contribution >= 4 is 15.9 Å².